The first-order chi connectivity index (χ1) is 9.79. The van der Waals surface area contributed by atoms with Crippen LogP contribution in [0.25, 0.3) is 0 Å². The third-order valence-electron chi connectivity index (χ3n) is 3.28. The van der Waals surface area contributed by atoms with E-state index in [1.807, 2.05) is 37.3 Å². The molecule has 3 heteroatoms. The summed E-state index contributed by atoms with van der Waals surface area (Å²) in [4.78, 5) is 11.4. The van der Waals surface area contributed by atoms with Crippen molar-refractivity contribution in [2.24, 2.45) is 0 Å². The Hall–Kier alpha value is -2.29. The average molecular weight is 284 g/mol. The number of para-hydroxylation sites is 1. The third-order valence-corrected chi connectivity index (χ3v) is 3.28. The summed E-state index contributed by atoms with van der Waals surface area (Å²) in [5, 5.41) is 9.32. The first-order valence-electron chi connectivity index (χ1n) is 6.90. The van der Waals surface area contributed by atoms with E-state index in [0.29, 0.717) is 11.5 Å². The fourth-order valence-electron chi connectivity index (χ4n) is 2.19. The molecule has 21 heavy (non-hydrogen) atoms. The van der Waals surface area contributed by atoms with Gasteiger partial charge in [0.15, 0.2) is 0 Å². The molecule has 0 aliphatic carbocycles. The highest BCUT2D eigenvalue weighted by atomic mass is 16.5. The number of aryl methyl sites for hydroxylation is 1. The molecule has 0 aromatic heterocycles. The molecule has 0 bridgehead atoms. The van der Waals surface area contributed by atoms with Gasteiger partial charge in [-0.05, 0) is 30.5 Å². The van der Waals surface area contributed by atoms with Crippen LogP contribution < -0.4 is 4.74 Å². The van der Waals surface area contributed by atoms with Gasteiger partial charge in [0, 0.05) is 5.56 Å². The van der Waals surface area contributed by atoms with Crippen molar-refractivity contribution >= 4 is 5.97 Å². The average Bonchev–Trinajstić information content (AvgIpc) is 2.40. The van der Waals surface area contributed by atoms with Crippen LogP contribution >= 0.6 is 0 Å². The predicted molar refractivity (Wildman–Crippen MR) is 83.4 cm³/mol. The van der Waals surface area contributed by atoms with Gasteiger partial charge >= 0.3 is 5.97 Å². The first kappa shape index (κ1) is 15.1. The standard InChI is InChI=1S/C18H20O3/c1-12-9-10-15(13(11-12)17(19)20)21-16-8-6-5-7-14(16)18(2,3)4/h5-11H,1-4H3,(H,19,20). The van der Waals surface area contributed by atoms with Crippen LogP contribution in [0.15, 0.2) is 42.5 Å². The number of rotatable bonds is 3. The van der Waals surface area contributed by atoms with E-state index in [1.54, 1.807) is 12.1 Å². The molecule has 0 spiro atoms. The van der Waals surface area contributed by atoms with Crippen molar-refractivity contribution in [1.82, 2.24) is 0 Å². The van der Waals surface area contributed by atoms with Crippen LogP contribution in [0.5, 0.6) is 11.5 Å². The second-order valence-corrected chi connectivity index (χ2v) is 6.15. The molecule has 2 aromatic rings. The Morgan fingerprint density at radius 2 is 1.71 bits per heavy atom. The maximum atomic E-state index is 11.4. The maximum Gasteiger partial charge on any atom is 0.339 e. The zero-order valence-electron chi connectivity index (χ0n) is 12.8. The summed E-state index contributed by atoms with van der Waals surface area (Å²) in [6.07, 6.45) is 0. The predicted octanol–water partition coefficient (Wildman–Crippen LogP) is 4.78. The number of aromatic carboxylic acids is 1. The van der Waals surface area contributed by atoms with Crippen LogP contribution in [0.2, 0.25) is 0 Å². The van der Waals surface area contributed by atoms with Crippen LogP contribution in [-0.4, -0.2) is 11.1 Å². The molecule has 0 fully saturated rings. The van der Waals surface area contributed by atoms with Crippen LogP contribution in [0.3, 0.4) is 0 Å². The molecule has 0 unspecified atom stereocenters. The van der Waals surface area contributed by atoms with E-state index in [4.69, 9.17) is 4.74 Å². The molecule has 0 atom stereocenters. The van der Waals surface area contributed by atoms with Crippen molar-refractivity contribution in [3.05, 3.63) is 59.2 Å². The minimum atomic E-state index is -0.984. The highest BCUT2D eigenvalue weighted by Gasteiger charge is 2.20. The lowest BCUT2D eigenvalue weighted by molar-refractivity contribution is 0.0694. The normalized spacial score (nSPS) is 11.2. The van der Waals surface area contributed by atoms with Crippen molar-refractivity contribution in [2.75, 3.05) is 0 Å². The molecular formula is C18H20O3. The van der Waals surface area contributed by atoms with Gasteiger partial charge in [-0.25, -0.2) is 4.79 Å². The minimum Gasteiger partial charge on any atom is -0.478 e. The smallest absolute Gasteiger partial charge is 0.339 e. The monoisotopic (exact) mass is 284 g/mol. The summed E-state index contributed by atoms with van der Waals surface area (Å²) in [6.45, 7) is 8.16. The lowest BCUT2D eigenvalue weighted by Gasteiger charge is -2.23. The lowest BCUT2D eigenvalue weighted by Crippen LogP contribution is -2.12. The van der Waals surface area contributed by atoms with E-state index < -0.39 is 5.97 Å². The van der Waals surface area contributed by atoms with E-state index in [-0.39, 0.29) is 11.0 Å². The summed E-state index contributed by atoms with van der Waals surface area (Å²) in [7, 11) is 0. The molecule has 110 valence electrons. The Bertz CT molecular complexity index is 666. The summed E-state index contributed by atoms with van der Waals surface area (Å²) in [5.74, 6) is 0.0723. The van der Waals surface area contributed by atoms with Crippen molar-refractivity contribution < 1.29 is 14.6 Å². The van der Waals surface area contributed by atoms with Crippen molar-refractivity contribution in [2.45, 2.75) is 33.1 Å². The molecule has 2 aromatic carbocycles. The molecule has 1 N–H and O–H groups in total. The highest BCUT2D eigenvalue weighted by molar-refractivity contribution is 5.91. The quantitative estimate of drug-likeness (QED) is 0.882. The van der Waals surface area contributed by atoms with Gasteiger partial charge in [0.25, 0.3) is 0 Å². The molecule has 0 amide bonds. The zero-order valence-corrected chi connectivity index (χ0v) is 12.8. The number of hydrogen-bond acceptors (Lipinski definition) is 2. The number of carbonyl (C=O) groups is 1. The number of hydrogen-bond donors (Lipinski definition) is 1. The molecule has 2 rings (SSSR count). The van der Waals surface area contributed by atoms with E-state index >= 15 is 0 Å². The highest BCUT2D eigenvalue weighted by Crippen LogP contribution is 2.35. The lowest BCUT2D eigenvalue weighted by atomic mass is 9.86. The zero-order chi connectivity index (χ0) is 15.6. The Morgan fingerprint density at radius 3 is 2.33 bits per heavy atom. The van der Waals surface area contributed by atoms with Crippen LogP contribution in [0.1, 0.15) is 42.3 Å². The Balaban J connectivity index is 2.47. The number of ether oxygens (including phenoxy) is 1. The van der Waals surface area contributed by atoms with Gasteiger partial charge in [-0.1, -0.05) is 50.6 Å². The van der Waals surface area contributed by atoms with Gasteiger partial charge < -0.3 is 9.84 Å². The maximum absolute atomic E-state index is 11.4. The summed E-state index contributed by atoms with van der Waals surface area (Å²) >= 11 is 0. The number of carboxylic acid groups (broad SMARTS) is 1. The van der Waals surface area contributed by atoms with Crippen molar-refractivity contribution in [3.8, 4) is 11.5 Å². The summed E-state index contributed by atoms with van der Waals surface area (Å²) < 4.78 is 5.90. The molecule has 0 radical (unpaired) electrons. The largest absolute Gasteiger partial charge is 0.478 e. The summed E-state index contributed by atoms with van der Waals surface area (Å²) in [6, 6.07) is 12.9. The van der Waals surface area contributed by atoms with Gasteiger partial charge in [0.2, 0.25) is 0 Å². The van der Waals surface area contributed by atoms with Crippen LogP contribution in [-0.2, 0) is 5.41 Å². The Morgan fingerprint density at radius 1 is 1.05 bits per heavy atom. The van der Waals surface area contributed by atoms with Crippen molar-refractivity contribution in [1.29, 1.82) is 0 Å². The Kier molecular flexibility index (Phi) is 4.03. The number of carboxylic acids is 1. The molecule has 0 heterocycles. The van der Waals surface area contributed by atoms with Gasteiger partial charge in [-0.15, -0.1) is 0 Å². The van der Waals surface area contributed by atoms with E-state index in [2.05, 4.69) is 20.8 Å². The SMILES string of the molecule is Cc1ccc(Oc2ccccc2C(C)(C)C)c(C(=O)O)c1. The molecule has 0 saturated carbocycles. The van der Waals surface area contributed by atoms with Gasteiger partial charge in [-0.2, -0.15) is 0 Å². The molecule has 0 aliphatic heterocycles. The molecule has 0 saturated heterocycles. The van der Waals surface area contributed by atoms with Crippen LogP contribution in [0.4, 0.5) is 0 Å². The minimum absolute atomic E-state index is 0.0787. The fraction of sp³-hybridized carbons (Fsp3) is 0.278. The second-order valence-electron chi connectivity index (χ2n) is 6.15. The van der Waals surface area contributed by atoms with Gasteiger partial charge in [-0.3, -0.25) is 0 Å². The molecular weight excluding hydrogens is 264 g/mol. The summed E-state index contributed by atoms with van der Waals surface area (Å²) in [5.41, 5.74) is 2.04. The van der Waals surface area contributed by atoms with E-state index in [0.717, 1.165) is 11.1 Å². The topological polar surface area (TPSA) is 46.5 Å². The first-order valence-corrected chi connectivity index (χ1v) is 6.90. The van der Waals surface area contributed by atoms with Crippen LogP contribution in [0, 0.1) is 6.92 Å². The van der Waals surface area contributed by atoms with E-state index in [9.17, 15) is 9.90 Å². The fourth-order valence-corrected chi connectivity index (χ4v) is 2.19. The molecule has 3 nitrogen and oxygen atoms in total. The van der Waals surface area contributed by atoms with E-state index in [1.165, 1.54) is 0 Å². The van der Waals surface area contributed by atoms with Gasteiger partial charge in [0.1, 0.15) is 17.1 Å². The number of benzene rings is 2. The Labute approximate surface area is 125 Å². The van der Waals surface area contributed by atoms with Crippen molar-refractivity contribution in [3.63, 3.8) is 0 Å². The third kappa shape index (κ3) is 3.43. The van der Waals surface area contributed by atoms with Gasteiger partial charge in [0.05, 0.1) is 0 Å². The second kappa shape index (κ2) is 5.60. The molecule has 0 aliphatic rings.